The van der Waals surface area contributed by atoms with Crippen LogP contribution < -0.4 is 0 Å². The second-order valence-corrected chi connectivity index (χ2v) is 1.63. The molecule has 0 radical (unpaired) electrons. The van der Waals surface area contributed by atoms with Crippen LogP contribution in [0.3, 0.4) is 0 Å². The molecular formula is C6H9ClO4. The van der Waals surface area contributed by atoms with E-state index in [1.165, 1.54) is 6.08 Å². The molecule has 0 aliphatic rings. The van der Waals surface area contributed by atoms with Crippen molar-refractivity contribution in [2.24, 2.45) is 0 Å². The van der Waals surface area contributed by atoms with E-state index >= 15 is 0 Å². The standard InChI is InChI=1S/C4H6O2.C2H3ClO2/c1-2-3-4(5)6;3-1-2(4)5/h2-3H,1H3,(H,5,6);1H2,(H,4,5). The van der Waals surface area contributed by atoms with Gasteiger partial charge in [0.2, 0.25) is 0 Å². The summed E-state index contributed by atoms with van der Waals surface area (Å²) in [7, 11) is 0. The van der Waals surface area contributed by atoms with Crippen LogP contribution in [0, 0.1) is 0 Å². The van der Waals surface area contributed by atoms with Gasteiger partial charge in [-0.3, -0.25) is 4.79 Å². The van der Waals surface area contributed by atoms with Gasteiger partial charge in [-0.2, -0.15) is 0 Å². The molecule has 0 aromatic heterocycles. The molecule has 0 spiro atoms. The number of rotatable bonds is 2. The lowest BCUT2D eigenvalue weighted by atomic mass is 10.5. The molecule has 64 valence electrons. The molecule has 5 heteroatoms. The Morgan fingerprint density at radius 1 is 1.45 bits per heavy atom. The van der Waals surface area contributed by atoms with Gasteiger partial charge in [-0.05, 0) is 6.92 Å². The summed E-state index contributed by atoms with van der Waals surface area (Å²) in [6, 6.07) is 0. The minimum absolute atomic E-state index is 0.306. The van der Waals surface area contributed by atoms with Gasteiger partial charge in [0, 0.05) is 6.08 Å². The number of carboxylic acid groups (broad SMARTS) is 2. The zero-order chi connectivity index (χ0) is 9.28. The summed E-state index contributed by atoms with van der Waals surface area (Å²) in [4.78, 5) is 18.7. The van der Waals surface area contributed by atoms with Crippen molar-refractivity contribution in [1.82, 2.24) is 0 Å². The minimum atomic E-state index is -0.980. The lowest BCUT2D eigenvalue weighted by Crippen LogP contribution is -1.92. The second-order valence-electron chi connectivity index (χ2n) is 1.37. The monoisotopic (exact) mass is 180 g/mol. The highest BCUT2D eigenvalue weighted by Crippen LogP contribution is 1.67. The molecule has 2 N–H and O–H groups in total. The molecule has 0 unspecified atom stereocenters. The topological polar surface area (TPSA) is 74.6 Å². The second kappa shape index (κ2) is 8.97. The maximum Gasteiger partial charge on any atom is 0.327 e. The first-order valence-corrected chi connectivity index (χ1v) is 3.21. The summed E-state index contributed by atoms with van der Waals surface area (Å²) in [6.07, 6.45) is 2.56. The van der Waals surface area contributed by atoms with Crippen molar-refractivity contribution in [3.05, 3.63) is 12.2 Å². The third-order valence-corrected chi connectivity index (χ3v) is 0.652. The van der Waals surface area contributed by atoms with E-state index in [4.69, 9.17) is 21.8 Å². The maximum atomic E-state index is 9.51. The largest absolute Gasteiger partial charge is 0.480 e. The maximum absolute atomic E-state index is 9.51. The number of carboxylic acids is 2. The van der Waals surface area contributed by atoms with E-state index in [2.05, 4.69) is 0 Å². The van der Waals surface area contributed by atoms with Crippen LogP contribution in [-0.2, 0) is 9.59 Å². The van der Waals surface area contributed by atoms with Crippen LogP contribution >= 0.6 is 11.6 Å². The Morgan fingerprint density at radius 3 is 1.82 bits per heavy atom. The molecular weight excluding hydrogens is 172 g/mol. The Hall–Kier alpha value is -1.03. The highest BCUT2D eigenvalue weighted by atomic mass is 35.5. The van der Waals surface area contributed by atoms with Gasteiger partial charge >= 0.3 is 11.9 Å². The highest BCUT2D eigenvalue weighted by molar-refractivity contribution is 6.26. The van der Waals surface area contributed by atoms with Crippen LogP contribution in [0.25, 0.3) is 0 Å². The first-order valence-electron chi connectivity index (χ1n) is 2.68. The lowest BCUT2D eigenvalue weighted by Gasteiger charge is -1.69. The zero-order valence-corrected chi connectivity index (χ0v) is 6.71. The van der Waals surface area contributed by atoms with Crippen LogP contribution in [0.2, 0.25) is 0 Å². The van der Waals surface area contributed by atoms with Crippen molar-refractivity contribution in [2.75, 3.05) is 5.88 Å². The minimum Gasteiger partial charge on any atom is -0.480 e. The van der Waals surface area contributed by atoms with Gasteiger partial charge in [0.1, 0.15) is 5.88 Å². The highest BCUT2D eigenvalue weighted by Gasteiger charge is 1.83. The van der Waals surface area contributed by atoms with Crippen LogP contribution in [0.4, 0.5) is 0 Å². The van der Waals surface area contributed by atoms with Crippen molar-refractivity contribution in [1.29, 1.82) is 0 Å². The molecule has 0 aliphatic heterocycles. The molecule has 0 saturated carbocycles. The average Bonchev–Trinajstić information content (AvgIpc) is 1.89. The summed E-state index contributed by atoms with van der Waals surface area (Å²) in [6.45, 7) is 1.66. The van der Waals surface area contributed by atoms with Crippen molar-refractivity contribution in [2.45, 2.75) is 6.92 Å². The smallest absolute Gasteiger partial charge is 0.327 e. The van der Waals surface area contributed by atoms with Gasteiger partial charge in [0.05, 0.1) is 0 Å². The fraction of sp³-hybridized carbons (Fsp3) is 0.333. The van der Waals surface area contributed by atoms with E-state index in [9.17, 15) is 9.59 Å². The Labute approximate surface area is 69.1 Å². The molecule has 0 aromatic carbocycles. The molecule has 0 fully saturated rings. The number of carbonyl (C=O) groups is 2. The van der Waals surface area contributed by atoms with E-state index < -0.39 is 11.9 Å². The lowest BCUT2D eigenvalue weighted by molar-refractivity contribution is -0.134. The summed E-state index contributed by atoms with van der Waals surface area (Å²) < 4.78 is 0. The molecule has 0 rings (SSSR count). The normalized spacial score (nSPS) is 8.55. The number of hydrogen-bond acceptors (Lipinski definition) is 2. The van der Waals surface area contributed by atoms with Gasteiger partial charge < -0.3 is 10.2 Å². The molecule has 0 aliphatic carbocycles. The van der Waals surface area contributed by atoms with Crippen LogP contribution in [0.1, 0.15) is 6.92 Å². The quantitative estimate of drug-likeness (QED) is 0.490. The molecule has 0 saturated heterocycles. The van der Waals surface area contributed by atoms with Gasteiger partial charge in [-0.1, -0.05) is 6.08 Å². The van der Waals surface area contributed by atoms with Gasteiger partial charge in [0.15, 0.2) is 0 Å². The van der Waals surface area contributed by atoms with Gasteiger partial charge in [-0.25, -0.2) is 4.79 Å². The first kappa shape index (κ1) is 12.6. The van der Waals surface area contributed by atoms with E-state index in [-0.39, 0.29) is 5.88 Å². The summed E-state index contributed by atoms with van der Waals surface area (Å²) in [5.74, 6) is -2.18. The fourth-order valence-electron chi connectivity index (χ4n) is 0.143. The number of aliphatic carboxylic acids is 2. The first-order chi connectivity index (χ1) is 5.04. The summed E-state index contributed by atoms with van der Waals surface area (Å²) >= 11 is 4.74. The van der Waals surface area contributed by atoms with E-state index in [1.54, 1.807) is 6.92 Å². The van der Waals surface area contributed by atoms with Gasteiger partial charge in [-0.15, -0.1) is 11.6 Å². The SMILES string of the molecule is CC=CC(=O)O.O=C(O)CCl. The van der Waals surface area contributed by atoms with Crippen LogP contribution in [-0.4, -0.2) is 28.0 Å². The predicted molar refractivity (Wildman–Crippen MR) is 40.8 cm³/mol. The van der Waals surface area contributed by atoms with E-state index in [0.29, 0.717) is 0 Å². The molecule has 0 heterocycles. The average molecular weight is 181 g/mol. The fourth-order valence-corrected chi connectivity index (χ4v) is 0.143. The Kier molecular flexibility index (Phi) is 10.3. The third-order valence-electron chi connectivity index (χ3n) is 0.424. The Morgan fingerprint density at radius 2 is 1.82 bits per heavy atom. The van der Waals surface area contributed by atoms with Crippen LogP contribution in [0.5, 0.6) is 0 Å². The van der Waals surface area contributed by atoms with Gasteiger partial charge in [0.25, 0.3) is 0 Å². The number of hydrogen-bond donors (Lipinski definition) is 2. The van der Waals surface area contributed by atoms with E-state index in [0.717, 1.165) is 6.08 Å². The number of alkyl halides is 1. The van der Waals surface area contributed by atoms with E-state index in [1.807, 2.05) is 0 Å². The van der Waals surface area contributed by atoms with Crippen molar-refractivity contribution >= 4 is 23.5 Å². The molecule has 11 heavy (non-hydrogen) atoms. The van der Waals surface area contributed by atoms with Crippen molar-refractivity contribution in [3.63, 3.8) is 0 Å². The number of halogens is 1. The zero-order valence-electron chi connectivity index (χ0n) is 5.95. The molecule has 0 atom stereocenters. The number of allylic oxidation sites excluding steroid dienone is 1. The molecule has 4 nitrogen and oxygen atoms in total. The van der Waals surface area contributed by atoms with Crippen molar-refractivity contribution < 1.29 is 19.8 Å². The van der Waals surface area contributed by atoms with Crippen molar-refractivity contribution in [3.8, 4) is 0 Å². The third kappa shape index (κ3) is 27.6. The summed E-state index contributed by atoms with van der Waals surface area (Å²) in [5.41, 5.74) is 0. The Bertz CT molecular complexity index is 153. The summed E-state index contributed by atoms with van der Waals surface area (Å²) in [5, 5.41) is 15.4. The molecule has 0 bridgehead atoms. The van der Waals surface area contributed by atoms with Crippen LogP contribution in [0.15, 0.2) is 12.2 Å². The predicted octanol–water partition coefficient (Wildman–Crippen LogP) is 0.957. The Balaban J connectivity index is 0. The molecule has 0 aromatic rings. The molecule has 0 amide bonds.